The first kappa shape index (κ1) is 9.54. The van der Waals surface area contributed by atoms with Crippen LogP contribution in [0, 0.1) is 5.92 Å². The molecule has 1 heteroatoms. The predicted octanol–water partition coefficient (Wildman–Crippen LogP) is 2.54. The Hall–Kier alpha value is -0.460. The topological polar surface area (TPSA) is 12.0 Å². The van der Waals surface area contributed by atoms with E-state index in [-0.39, 0.29) is 0 Å². The molecule has 0 aromatic heterocycles. The maximum atomic E-state index is 3.22. The van der Waals surface area contributed by atoms with Gasteiger partial charge in [0.15, 0.2) is 0 Å². The Morgan fingerprint density at radius 2 is 1.80 bits per heavy atom. The van der Waals surface area contributed by atoms with Gasteiger partial charge in [-0.25, -0.2) is 0 Å². The van der Waals surface area contributed by atoms with Crippen molar-refractivity contribution in [2.75, 3.05) is 0 Å². The van der Waals surface area contributed by atoms with Gasteiger partial charge in [-0.05, 0) is 32.4 Å². The molecule has 1 N–H and O–H groups in total. The van der Waals surface area contributed by atoms with Crippen LogP contribution in [-0.2, 0) is 0 Å². The normalized spacial score (nSPS) is 11.8. The van der Waals surface area contributed by atoms with Crippen LogP contribution in [0.3, 0.4) is 0 Å². The molecule has 0 radical (unpaired) electrons. The maximum Gasteiger partial charge on any atom is 0.0199 e. The lowest BCUT2D eigenvalue weighted by Crippen LogP contribution is -2.15. The third-order valence-corrected chi connectivity index (χ3v) is 1.15. The van der Waals surface area contributed by atoms with E-state index in [1.807, 2.05) is 6.20 Å². The number of hydrogen-bond acceptors (Lipinski definition) is 1. The fourth-order valence-electron chi connectivity index (χ4n) is 0.601. The molecule has 0 fully saturated rings. The Labute approximate surface area is 64.5 Å². The lowest BCUT2D eigenvalue weighted by Gasteiger charge is -2.03. The van der Waals surface area contributed by atoms with Gasteiger partial charge in [0.25, 0.3) is 0 Å². The minimum absolute atomic E-state index is 0.559. The fourth-order valence-corrected chi connectivity index (χ4v) is 0.601. The average molecular weight is 141 g/mol. The van der Waals surface area contributed by atoms with Crippen molar-refractivity contribution in [3.05, 3.63) is 12.3 Å². The second kappa shape index (κ2) is 5.33. The Morgan fingerprint density at radius 1 is 1.20 bits per heavy atom. The molecular formula is C9H19N. The summed E-state index contributed by atoms with van der Waals surface area (Å²) in [5.74, 6) is 0.769. The number of nitrogens with one attached hydrogen (secondary N) is 1. The molecule has 0 atom stereocenters. The van der Waals surface area contributed by atoms with Crippen molar-refractivity contribution in [3.8, 4) is 0 Å². The van der Waals surface area contributed by atoms with E-state index in [1.54, 1.807) is 0 Å². The molecule has 0 spiro atoms. The van der Waals surface area contributed by atoms with Crippen LogP contribution in [0.5, 0.6) is 0 Å². The van der Waals surface area contributed by atoms with Gasteiger partial charge in [-0.2, -0.15) is 0 Å². The van der Waals surface area contributed by atoms with Crippen molar-refractivity contribution < 1.29 is 0 Å². The van der Waals surface area contributed by atoms with Crippen LogP contribution < -0.4 is 5.32 Å². The van der Waals surface area contributed by atoms with Crippen LogP contribution in [0.15, 0.2) is 12.3 Å². The zero-order valence-electron chi connectivity index (χ0n) is 7.52. The van der Waals surface area contributed by atoms with Crippen molar-refractivity contribution >= 4 is 0 Å². The van der Waals surface area contributed by atoms with E-state index in [1.165, 1.54) is 6.42 Å². The van der Waals surface area contributed by atoms with Gasteiger partial charge in [0.1, 0.15) is 0 Å². The molecular weight excluding hydrogens is 122 g/mol. The average Bonchev–Trinajstić information content (AvgIpc) is 1.79. The van der Waals surface area contributed by atoms with Crippen molar-refractivity contribution in [2.24, 2.45) is 5.92 Å². The van der Waals surface area contributed by atoms with Crippen LogP contribution in [0.25, 0.3) is 0 Å². The van der Waals surface area contributed by atoms with Crippen LogP contribution in [0.4, 0.5) is 0 Å². The Bertz CT molecular complexity index is 80.9. The summed E-state index contributed by atoms with van der Waals surface area (Å²) in [5.41, 5.74) is 0. The van der Waals surface area contributed by atoms with E-state index in [0.717, 1.165) is 5.92 Å². The monoisotopic (exact) mass is 141 g/mol. The summed E-state index contributed by atoms with van der Waals surface area (Å²) < 4.78 is 0. The van der Waals surface area contributed by atoms with E-state index in [4.69, 9.17) is 0 Å². The molecule has 0 bridgehead atoms. The van der Waals surface area contributed by atoms with Crippen LogP contribution in [0.1, 0.15) is 34.1 Å². The van der Waals surface area contributed by atoms with Gasteiger partial charge in [0.2, 0.25) is 0 Å². The molecule has 0 amide bonds. The van der Waals surface area contributed by atoms with Crippen LogP contribution in [-0.4, -0.2) is 6.04 Å². The van der Waals surface area contributed by atoms with E-state index in [0.29, 0.717) is 6.04 Å². The summed E-state index contributed by atoms with van der Waals surface area (Å²) in [7, 11) is 0. The quantitative estimate of drug-likeness (QED) is 0.634. The van der Waals surface area contributed by atoms with E-state index < -0.39 is 0 Å². The van der Waals surface area contributed by atoms with Crippen LogP contribution in [0.2, 0.25) is 0 Å². The van der Waals surface area contributed by atoms with Gasteiger partial charge < -0.3 is 5.32 Å². The summed E-state index contributed by atoms with van der Waals surface area (Å²) in [6.45, 7) is 8.72. The van der Waals surface area contributed by atoms with Gasteiger partial charge in [-0.3, -0.25) is 0 Å². The minimum atomic E-state index is 0.559. The third-order valence-electron chi connectivity index (χ3n) is 1.15. The van der Waals surface area contributed by atoms with Crippen LogP contribution >= 0.6 is 0 Å². The highest BCUT2D eigenvalue weighted by atomic mass is 14.9. The molecule has 0 saturated carbocycles. The van der Waals surface area contributed by atoms with Gasteiger partial charge in [-0.15, -0.1) is 0 Å². The smallest absolute Gasteiger partial charge is 0.0199 e. The first-order chi connectivity index (χ1) is 4.63. The predicted molar refractivity (Wildman–Crippen MR) is 46.9 cm³/mol. The van der Waals surface area contributed by atoms with Crippen molar-refractivity contribution in [1.82, 2.24) is 5.32 Å². The van der Waals surface area contributed by atoms with E-state index in [9.17, 15) is 0 Å². The summed E-state index contributed by atoms with van der Waals surface area (Å²) in [5, 5.41) is 3.22. The summed E-state index contributed by atoms with van der Waals surface area (Å²) >= 11 is 0. The fraction of sp³-hybridized carbons (Fsp3) is 0.778. The summed E-state index contributed by atoms with van der Waals surface area (Å²) in [4.78, 5) is 0. The molecule has 0 aliphatic heterocycles. The molecule has 1 nitrogen and oxygen atoms in total. The van der Waals surface area contributed by atoms with Gasteiger partial charge in [-0.1, -0.05) is 19.9 Å². The maximum absolute atomic E-state index is 3.22. The highest BCUT2D eigenvalue weighted by Gasteiger charge is 1.87. The first-order valence-corrected chi connectivity index (χ1v) is 4.04. The second-order valence-electron chi connectivity index (χ2n) is 3.35. The highest BCUT2D eigenvalue weighted by Crippen LogP contribution is 1.98. The molecule has 0 rings (SSSR count). The summed E-state index contributed by atoms with van der Waals surface area (Å²) in [6.07, 6.45) is 5.40. The third kappa shape index (κ3) is 7.54. The van der Waals surface area contributed by atoms with Gasteiger partial charge in [0, 0.05) is 6.04 Å². The lowest BCUT2D eigenvalue weighted by atomic mass is 10.1. The Balaban J connectivity index is 3.20. The van der Waals surface area contributed by atoms with Gasteiger partial charge in [0.05, 0.1) is 0 Å². The largest absolute Gasteiger partial charge is 0.389 e. The molecule has 0 aliphatic rings. The van der Waals surface area contributed by atoms with Crippen molar-refractivity contribution in [2.45, 2.75) is 40.2 Å². The first-order valence-electron chi connectivity index (χ1n) is 4.04. The highest BCUT2D eigenvalue weighted by molar-refractivity contribution is 4.81. The molecule has 0 aromatic carbocycles. The SMILES string of the molecule is CC(C)CC=CNC(C)C. The van der Waals surface area contributed by atoms with Crippen molar-refractivity contribution in [3.63, 3.8) is 0 Å². The van der Waals surface area contributed by atoms with Gasteiger partial charge >= 0.3 is 0 Å². The summed E-state index contributed by atoms with van der Waals surface area (Å²) in [6, 6.07) is 0.559. The lowest BCUT2D eigenvalue weighted by molar-refractivity contribution is 0.652. The molecule has 0 saturated heterocycles. The zero-order chi connectivity index (χ0) is 7.98. The number of allylic oxidation sites excluding steroid dienone is 1. The molecule has 10 heavy (non-hydrogen) atoms. The number of hydrogen-bond donors (Lipinski definition) is 1. The van der Waals surface area contributed by atoms with E-state index >= 15 is 0 Å². The van der Waals surface area contributed by atoms with E-state index in [2.05, 4.69) is 39.1 Å². The molecule has 0 heterocycles. The Morgan fingerprint density at radius 3 is 2.20 bits per heavy atom. The Kier molecular flexibility index (Phi) is 5.09. The molecule has 0 unspecified atom stereocenters. The molecule has 0 aliphatic carbocycles. The standard InChI is InChI=1S/C9H19N/c1-8(2)6-5-7-10-9(3)4/h5,7-10H,6H2,1-4H3. The zero-order valence-corrected chi connectivity index (χ0v) is 7.52. The molecule has 60 valence electrons. The minimum Gasteiger partial charge on any atom is -0.389 e. The number of rotatable bonds is 4. The molecule has 0 aromatic rings. The van der Waals surface area contributed by atoms with Crippen molar-refractivity contribution in [1.29, 1.82) is 0 Å². The second-order valence-corrected chi connectivity index (χ2v) is 3.35.